The molecule has 11 heteroatoms. The summed E-state index contributed by atoms with van der Waals surface area (Å²) in [6.07, 6.45) is 8.39. The number of pyridine rings is 1. The molecular weight excluding hydrogens is 698 g/mol. The fourth-order valence-corrected chi connectivity index (χ4v) is 6.96. The van der Waals surface area contributed by atoms with E-state index in [2.05, 4.69) is 76.2 Å². The van der Waals surface area contributed by atoms with Gasteiger partial charge >= 0.3 is 0 Å². The van der Waals surface area contributed by atoms with Gasteiger partial charge in [0.25, 0.3) is 0 Å². The summed E-state index contributed by atoms with van der Waals surface area (Å²) in [4.78, 5) is 17.0. The lowest BCUT2D eigenvalue weighted by molar-refractivity contribution is 0.262. The average molecular weight is 742 g/mol. The molecule has 0 saturated carbocycles. The molecular formula is C43H44ClN7O3. The van der Waals surface area contributed by atoms with Gasteiger partial charge in [-0.3, -0.25) is 9.88 Å². The molecule has 0 aliphatic carbocycles. The maximum absolute atomic E-state index is 9.36. The van der Waals surface area contributed by atoms with E-state index in [0.29, 0.717) is 48.4 Å². The second-order valence-electron chi connectivity index (χ2n) is 13.6. The Morgan fingerprint density at radius 2 is 1.59 bits per heavy atom. The molecule has 276 valence electrons. The van der Waals surface area contributed by atoms with E-state index in [1.54, 1.807) is 24.5 Å². The normalized spacial score (nSPS) is 12.7. The highest BCUT2D eigenvalue weighted by atomic mass is 35.5. The minimum absolute atomic E-state index is 0.125. The van der Waals surface area contributed by atoms with Gasteiger partial charge in [-0.25, -0.2) is 9.97 Å². The van der Waals surface area contributed by atoms with Gasteiger partial charge in [-0.05, 0) is 105 Å². The summed E-state index contributed by atoms with van der Waals surface area (Å²) in [5.74, 6) is 2.11. The fourth-order valence-electron chi connectivity index (χ4n) is 6.72. The van der Waals surface area contributed by atoms with Crippen LogP contribution in [0.4, 0.5) is 0 Å². The number of nitriles is 2. The SMILES string of the molecule is Cc1c(COc2cc(OCc3cncc(C#N)c3)c(CN(C)Cc3ccnc(C#N)n3)cc2Cl)cccc1-c1cccc(OCCCN2CCCC2)c1C. The molecule has 0 amide bonds. The number of benzene rings is 3. The molecule has 10 nitrogen and oxygen atoms in total. The van der Waals surface area contributed by atoms with E-state index in [9.17, 15) is 10.5 Å². The van der Waals surface area contributed by atoms with Gasteiger partial charge in [-0.1, -0.05) is 41.9 Å². The van der Waals surface area contributed by atoms with Crippen molar-refractivity contribution in [3.05, 3.63) is 129 Å². The van der Waals surface area contributed by atoms with E-state index in [1.165, 1.54) is 32.1 Å². The highest BCUT2D eigenvalue weighted by Crippen LogP contribution is 2.37. The minimum atomic E-state index is 0.125. The predicted molar refractivity (Wildman–Crippen MR) is 208 cm³/mol. The summed E-state index contributed by atoms with van der Waals surface area (Å²) >= 11 is 6.88. The molecule has 2 aromatic heterocycles. The molecule has 6 rings (SSSR count). The Morgan fingerprint density at radius 1 is 0.815 bits per heavy atom. The first kappa shape index (κ1) is 38.2. The maximum atomic E-state index is 9.36. The molecule has 0 N–H and O–H groups in total. The number of aromatic nitrogens is 3. The third-order valence-electron chi connectivity index (χ3n) is 9.60. The predicted octanol–water partition coefficient (Wildman–Crippen LogP) is 8.21. The monoisotopic (exact) mass is 741 g/mol. The van der Waals surface area contributed by atoms with Crippen LogP contribution in [0.1, 0.15) is 64.2 Å². The summed E-state index contributed by atoms with van der Waals surface area (Å²) in [5, 5.41) is 19.0. The van der Waals surface area contributed by atoms with Gasteiger partial charge < -0.3 is 19.1 Å². The molecule has 0 radical (unpaired) electrons. The van der Waals surface area contributed by atoms with Crippen LogP contribution >= 0.6 is 11.6 Å². The summed E-state index contributed by atoms with van der Waals surface area (Å²) in [6.45, 7) is 9.86. The smallest absolute Gasteiger partial charge is 0.232 e. The van der Waals surface area contributed by atoms with E-state index >= 15 is 0 Å². The van der Waals surface area contributed by atoms with Crippen molar-refractivity contribution in [2.75, 3.05) is 33.3 Å². The Bertz CT molecular complexity index is 2160. The number of hydrogen-bond acceptors (Lipinski definition) is 10. The Kier molecular flexibility index (Phi) is 13.1. The van der Waals surface area contributed by atoms with Crippen molar-refractivity contribution >= 4 is 11.6 Å². The first-order chi connectivity index (χ1) is 26.3. The van der Waals surface area contributed by atoms with Crippen LogP contribution in [-0.2, 0) is 26.3 Å². The third-order valence-corrected chi connectivity index (χ3v) is 9.89. The van der Waals surface area contributed by atoms with Crippen molar-refractivity contribution in [1.29, 1.82) is 10.5 Å². The van der Waals surface area contributed by atoms with Gasteiger partial charge in [0.05, 0.1) is 22.9 Å². The summed E-state index contributed by atoms with van der Waals surface area (Å²) in [5.41, 5.74) is 8.30. The van der Waals surface area contributed by atoms with E-state index < -0.39 is 0 Å². The molecule has 0 bridgehead atoms. The molecule has 3 heterocycles. The van der Waals surface area contributed by atoms with Crippen LogP contribution in [0.15, 0.2) is 79.3 Å². The van der Waals surface area contributed by atoms with Crippen LogP contribution in [0.5, 0.6) is 17.2 Å². The van der Waals surface area contributed by atoms with Gasteiger partial charge in [0.1, 0.15) is 42.6 Å². The Labute approximate surface area is 322 Å². The largest absolute Gasteiger partial charge is 0.493 e. The van der Waals surface area contributed by atoms with Crippen LogP contribution in [0, 0.1) is 36.5 Å². The van der Waals surface area contributed by atoms with Crippen molar-refractivity contribution in [2.24, 2.45) is 0 Å². The number of likely N-dealkylation sites (tertiary alicyclic amines) is 1. The molecule has 1 fully saturated rings. The first-order valence-corrected chi connectivity index (χ1v) is 18.5. The van der Waals surface area contributed by atoms with Gasteiger partial charge in [0.15, 0.2) is 0 Å². The van der Waals surface area contributed by atoms with E-state index in [0.717, 1.165) is 63.4 Å². The van der Waals surface area contributed by atoms with Gasteiger partial charge in [0.2, 0.25) is 5.82 Å². The molecule has 1 aliphatic heterocycles. The van der Waals surface area contributed by atoms with E-state index in [4.69, 9.17) is 25.8 Å². The zero-order valence-electron chi connectivity index (χ0n) is 31.0. The lowest BCUT2D eigenvalue weighted by Crippen LogP contribution is -2.22. The zero-order chi connectivity index (χ0) is 37.9. The summed E-state index contributed by atoms with van der Waals surface area (Å²) in [6, 6.07) is 23.9. The van der Waals surface area contributed by atoms with Crippen molar-refractivity contribution in [1.82, 2.24) is 24.8 Å². The highest BCUT2D eigenvalue weighted by Gasteiger charge is 2.17. The average Bonchev–Trinajstić information content (AvgIpc) is 3.71. The number of nitrogens with zero attached hydrogens (tertiary/aromatic N) is 7. The molecule has 1 aliphatic rings. The van der Waals surface area contributed by atoms with Crippen LogP contribution in [0.3, 0.4) is 0 Å². The lowest BCUT2D eigenvalue weighted by Gasteiger charge is -2.21. The molecule has 54 heavy (non-hydrogen) atoms. The third kappa shape index (κ3) is 9.91. The van der Waals surface area contributed by atoms with Crippen LogP contribution in [0.2, 0.25) is 5.02 Å². The summed E-state index contributed by atoms with van der Waals surface area (Å²) < 4.78 is 19.0. The quantitative estimate of drug-likeness (QED) is 0.0915. The van der Waals surface area contributed by atoms with E-state index in [1.807, 2.05) is 30.1 Å². The topological polar surface area (TPSA) is 120 Å². The van der Waals surface area contributed by atoms with Crippen molar-refractivity contribution in [3.8, 4) is 40.5 Å². The van der Waals surface area contributed by atoms with Crippen molar-refractivity contribution in [3.63, 3.8) is 0 Å². The van der Waals surface area contributed by atoms with Crippen LogP contribution in [0.25, 0.3) is 11.1 Å². The molecule has 0 unspecified atom stereocenters. The number of hydrogen-bond donors (Lipinski definition) is 0. The zero-order valence-corrected chi connectivity index (χ0v) is 31.8. The fraction of sp³-hybridized carbons (Fsp3) is 0.326. The molecule has 3 aromatic carbocycles. The maximum Gasteiger partial charge on any atom is 0.232 e. The molecule has 0 spiro atoms. The second kappa shape index (κ2) is 18.5. The first-order valence-electron chi connectivity index (χ1n) is 18.2. The molecule has 5 aromatic rings. The molecule has 1 saturated heterocycles. The van der Waals surface area contributed by atoms with Gasteiger partial charge in [-0.2, -0.15) is 10.5 Å². The number of halogens is 1. The Morgan fingerprint density at radius 3 is 2.39 bits per heavy atom. The Balaban J connectivity index is 1.18. The van der Waals surface area contributed by atoms with E-state index in [-0.39, 0.29) is 12.4 Å². The highest BCUT2D eigenvalue weighted by molar-refractivity contribution is 6.32. The van der Waals surface area contributed by atoms with Gasteiger partial charge in [0, 0.05) is 55.4 Å². The molecule has 0 atom stereocenters. The summed E-state index contributed by atoms with van der Waals surface area (Å²) in [7, 11) is 1.95. The van der Waals surface area contributed by atoms with Gasteiger partial charge in [-0.15, -0.1) is 0 Å². The number of ether oxygens (including phenoxy) is 3. The standard InChI is InChI=1S/C43H44ClN7O3/c1-30-34(9-6-10-37(30)38-11-7-12-40(31(38)2)52-18-8-17-51-15-4-5-16-51)29-54-42-21-41(53-28-33-19-32(22-45)24-47-25-33)35(20-39(42)44)26-50(3)27-36-13-14-48-43(23-46)49-36/h6-7,9-14,19-21,24-25H,4-5,8,15-18,26-29H2,1-3H3. The van der Waals surface area contributed by atoms with Crippen molar-refractivity contribution < 1.29 is 14.2 Å². The van der Waals surface area contributed by atoms with Crippen molar-refractivity contribution in [2.45, 2.75) is 59.4 Å². The minimum Gasteiger partial charge on any atom is -0.493 e. The second-order valence-corrected chi connectivity index (χ2v) is 14.0. The van der Waals surface area contributed by atoms with Crippen LogP contribution in [-0.4, -0.2) is 58.0 Å². The number of rotatable bonds is 16. The lowest BCUT2D eigenvalue weighted by atomic mass is 9.93. The Hall–Kier alpha value is -5.52. The van der Waals surface area contributed by atoms with Crippen LogP contribution < -0.4 is 14.2 Å².